The molecule has 0 heterocycles. The third kappa shape index (κ3) is 2.21. The predicted octanol–water partition coefficient (Wildman–Crippen LogP) is 1.53. The zero-order valence-corrected chi connectivity index (χ0v) is 7.49. The molecule has 3 heteroatoms. The number of aryl methyl sites for hydroxylation is 1. The lowest BCUT2D eigenvalue weighted by Gasteiger charge is -2.06. The number of hydrogen-bond acceptors (Lipinski definition) is 3. The summed E-state index contributed by atoms with van der Waals surface area (Å²) < 4.78 is 4.93. The Morgan fingerprint density at radius 2 is 2.31 bits per heavy atom. The van der Waals surface area contributed by atoms with Crippen LogP contribution in [0, 0.1) is 0 Å². The first-order valence-corrected chi connectivity index (χ1v) is 4.08. The van der Waals surface area contributed by atoms with E-state index < -0.39 is 0 Å². The standard InChI is InChI=1S/C10H12O3/c1-13-9-6-2-4-8(10(9)12)5-3-7-11/h2,4,6-7,12H,3,5H2,1H3. The fraction of sp³-hybridized carbons (Fsp3) is 0.300. The highest BCUT2D eigenvalue weighted by Crippen LogP contribution is 2.29. The fourth-order valence-electron chi connectivity index (χ4n) is 1.15. The van der Waals surface area contributed by atoms with Gasteiger partial charge in [0, 0.05) is 6.42 Å². The Hall–Kier alpha value is -1.51. The number of rotatable bonds is 4. The highest BCUT2D eigenvalue weighted by molar-refractivity contribution is 5.52. The molecule has 0 unspecified atom stereocenters. The summed E-state index contributed by atoms with van der Waals surface area (Å²) >= 11 is 0. The summed E-state index contributed by atoms with van der Waals surface area (Å²) in [7, 11) is 1.50. The maximum absolute atomic E-state index is 10.1. The largest absolute Gasteiger partial charge is 0.504 e. The van der Waals surface area contributed by atoms with Crippen molar-refractivity contribution >= 4 is 6.29 Å². The summed E-state index contributed by atoms with van der Waals surface area (Å²) in [5.41, 5.74) is 0.742. The van der Waals surface area contributed by atoms with Crippen molar-refractivity contribution in [2.45, 2.75) is 12.8 Å². The van der Waals surface area contributed by atoms with Gasteiger partial charge in [0.2, 0.25) is 0 Å². The van der Waals surface area contributed by atoms with Gasteiger partial charge in [-0.15, -0.1) is 0 Å². The summed E-state index contributed by atoms with van der Waals surface area (Å²) in [6, 6.07) is 5.25. The highest BCUT2D eigenvalue weighted by Gasteiger charge is 2.05. The Labute approximate surface area is 77.0 Å². The average Bonchev–Trinajstić information content (AvgIpc) is 2.16. The molecule has 0 amide bonds. The zero-order chi connectivity index (χ0) is 9.68. The van der Waals surface area contributed by atoms with Crippen LogP contribution in [0.1, 0.15) is 12.0 Å². The summed E-state index contributed by atoms with van der Waals surface area (Å²) in [6.45, 7) is 0. The normalized spacial score (nSPS) is 9.62. The van der Waals surface area contributed by atoms with Crippen LogP contribution in [0.15, 0.2) is 18.2 Å². The molecule has 0 saturated heterocycles. The molecule has 0 aliphatic heterocycles. The minimum atomic E-state index is 0.131. The number of ether oxygens (including phenoxy) is 1. The second kappa shape index (κ2) is 4.50. The second-order valence-electron chi connectivity index (χ2n) is 2.67. The van der Waals surface area contributed by atoms with Crippen molar-refractivity contribution in [2.24, 2.45) is 0 Å². The number of hydrogen-bond donors (Lipinski definition) is 1. The number of benzene rings is 1. The molecule has 0 aliphatic carbocycles. The van der Waals surface area contributed by atoms with Crippen LogP contribution in [0.4, 0.5) is 0 Å². The lowest BCUT2D eigenvalue weighted by Crippen LogP contribution is -1.90. The molecule has 3 nitrogen and oxygen atoms in total. The van der Waals surface area contributed by atoms with Crippen LogP contribution in [0.5, 0.6) is 11.5 Å². The summed E-state index contributed by atoms with van der Waals surface area (Å²) in [6.07, 6.45) is 1.80. The van der Waals surface area contributed by atoms with Gasteiger partial charge in [-0.25, -0.2) is 0 Å². The minimum absolute atomic E-state index is 0.131. The maximum atomic E-state index is 10.1. The Bertz CT molecular complexity index is 294. The molecule has 0 bridgehead atoms. The summed E-state index contributed by atoms with van der Waals surface area (Å²) in [4.78, 5) is 10.1. The molecule has 13 heavy (non-hydrogen) atoms. The number of carbonyl (C=O) groups is 1. The molecular formula is C10H12O3. The topological polar surface area (TPSA) is 46.5 Å². The monoisotopic (exact) mass is 180 g/mol. The molecule has 1 aromatic carbocycles. The first-order valence-electron chi connectivity index (χ1n) is 4.08. The summed E-state index contributed by atoms with van der Waals surface area (Å²) in [5.74, 6) is 0.579. The Kier molecular flexibility index (Phi) is 3.31. The number of carbonyl (C=O) groups excluding carboxylic acids is 1. The molecule has 0 aromatic heterocycles. The fourth-order valence-corrected chi connectivity index (χ4v) is 1.15. The second-order valence-corrected chi connectivity index (χ2v) is 2.67. The lowest BCUT2D eigenvalue weighted by molar-refractivity contribution is -0.107. The highest BCUT2D eigenvalue weighted by atomic mass is 16.5. The van der Waals surface area contributed by atoms with Crippen LogP contribution in [0.3, 0.4) is 0 Å². The zero-order valence-electron chi connectivity index (χ0n) is 7.49. The van der Waals surface area contributed by atoms with E-state index in [0.29, 0.717) is 18.6 Å². The van der Waals surface area contributed by atoms with E-state index >= 15 is 0 Å². The lowest BCUT2D eigenvalue weighted by atomic mass is 10.1. The van der Waals surface area contributed by atoms with Crippen molar-refractivity contribution in [1.29, 1.82) is 0 Å². The van der Waals surface area contributed by atoms with Gasteiger partial charge in [0.05, 0.1) is 7.11 Å². The van der Waals surface area contributed by atoms with E-state index in [2.05, 4.69) is 0 Å². The quantitative estimate of drug-likeness (QED) is 0.715. The van der Waals surface area contributed by atoms with Crippen molar-refractivity contribution in [3.63, 3.8) is 0 Å². The van der Waals surface area contributed by atoms with Gasteiger partial charge in [0.15, 0.2) is 11.5 Å². The molecule has 0 fully saturated rings. The number of methoxy groups -OCH3 is 1. The van der Waals surface area contributed by atoms with Gasteiger partial charge < -0.3 is 14.6 Å². The Morgan fingerprint density at radius 3 is 2.92 bits per heavy atom. The van der Waals surface area contributed by atoms with E-state index in [1.54, 1.807) is 18.2 Å². The molecule has 0 aliphatic rings. The van der Waals surface area contributed by atoms with Crippen molar-refractivity contribution in [1.82, 2.24) is 0 Å². The van der Waals surface area contributed by atoms with E-state index in [4.69, 9.17) is 4.74 Å². The van der Waals surface area contributed by atoms with Crippen LogP contribution in [0.25, 0.3) is 0 Å². The number of aldehydes is 1. The van der Waals surface area contributed by atoms with Gasteiger partial charge in [0.1, 0.15) is 6.29 Å². The molecule has 1 N–H and O–H groups in total. The van der Waals surface area contributed by atoms with Crippen molar-refractivity contribution < 1.29 is 14.6 Å². The SMILES string of the molecule is COc1cccc(CCC=O)c1O. The molecular weight excluding hydrogens is 168 g/mol. The predicted molar refractivity (Wildman–Crippen MR) is 49.0 cm³/mol. The van der Waals surface area contributed by atoms with Gasteiger partial charge in [-0.2, -0.15) is 0 Å². The smallest absolute Gasteiger partial charge is 0.160 e. The summed E-state index contributed by atoms with van der Waals surface area (Å²) in [5, 5.41) is 9.57. The molecule has 0 atom stereocenters. The number of para-hydroxylation sites is 1. The van der Waals surface area contributed by atoms with Crippen LogP contribution in [-0.4, -0.2) is 18.5 Å². The van der Waals surface area contributed by atoms with Gasteiger partial charge in [0.25, 0.3) is 0 Å². The van der Waals surface area contributed by atoms with Crippen LogP contribution < -0.4 is 4.74 Å². The van der Waals surface area contributed by atoms with Crippen molar-refractivity contribution in [3.05, 3.63) is 23.8 Å². The number of phenols is 1. The number of aromatic hydroxyl groups is 1. The molecule has 70 valence electrons. The molecule has 0 saturated carbocycles. The molecule has 0 spiro atoms. The van der Waals surface area contributed by atoms with Gasteiger partial charge in [-0.05, 0) is 18.1 Å². The Morgan fingerprint density at radius 1 is 1.54 bits per heavy atom. The van der Waals surface area contributed by atoms with Crippen LogP contribution in [-0.2, 0) is 11.2 Å². The molecule has 1 rings (SSSR count). The number of phenolic OH excluding ortho intramolecular Hbond substituents is 1. The van der Waals surface area contributed by atoms with Gasteiger partial charge >= 0.3 is 0 Å². The van der Waals surface area contributed by atoms with Crippen LogP contribution in [0.2, 0.25) is 0 Å². The minimum Gasteiger partial charge on any atom is -0.504 e. The third-order valence-corrected chi connectivity index (χ3v) is 1.83. The van der Waals surface area contributed by atoms with Gasteiger partial charge in [-0.1, -0.05) is 12.1 Å². The van der Waals surface area contributed by atoms with E-state index in [0.717, 1.165) is 11.8 Å². The van der Waals surface area contributed by atoms with Crippen LogP contribution >= 0.6 is 0 Å². The first-order chi connectivity index (χ1) is 6.29. The third-order valence-electron chi connectivity index (χ3n) is 1.83. The van der Waals surface area contributed by atoms with Crippen molar-refractivity contribution in [2.75, 3.05) is 7.11 Å². The van der Waals surface area contributed by atoms with E-state index in [9.17, 15) is 9.90 Å². The van der Waals surface area contributed by atoms with Gasteiger partial charge in [-0.3, -0.25) is 0 Å². The Balaban J connectivity index is 2.87. The van der Waals surface area contributed by atoms with E-state index in [1.807, 2.05) is 0 Å². The first kappa shape index (κ1) is 9.58. The van der Waals surface area contributed by atoms with E-state index in [1.165, 1.54) is 7.11 Å². The van der Waals surface area contributed by atoms with E-state index in [-0.39, 0.29) is 5.75 Å². The van der Waals surface area contributed by atoms with Crippen molar-refractivity contribution in [3.8, 4) is 11.5 Å². The molecule has 1 aromatic rings. The maximum Gasteiger partial charge on any atom is 0.160 e. The molecule has 0 radical (unpaired) electrons. The average molecular weight is 180 g/mol.